The Labute approximate surface area is 177 Å². The molecule has 3 aromatic rings. The molecule has 1 aromatic heterocycles. The number of furan rings is 1. The Morgan fingerprint density at radius 2 is 1.77 bits per heavy atom. The van der Waals surface area contributed by atoms with E-state index in [1.807, 2.05) is 32.0 Å². The van der Waals surface area contributed by atoms with Crippen LogP contribution in [-0.2, 0) is 16.1 Å². The molecule has 4 rings (SSSR count). The van der Waals surface area contributed by atoms with Crippen LogP contribution in [0.15, 0.2) is 71.0 Å². The summed E-state index contributed by atoms with van der Waals surface area (Å²) in [6.07, 6.45) is 1.47. The SMILES string of the molecule is Cc1ccc(C)c(NC2=C(c3ccc([N+](=O)[O-])cc3)C(=O)N(Cc3ccco3)C2=O)c1. The number of amides is 2. The molecule has 8 nitrogen and oxygen atoms in total. The molecule has 0 spiro atoms. The molecule has 156 valence electrons. The lowest BCUT2D eigenvalue weighted by Crippen LogP contribution is -2.31. The van der Waals surface area contributed by atoms with Gasteiger partial charge in [-0.1, -0.05) is 12.1 Å². The molecule has 2 amide bonds. The maximum atomic E-state index is 13.2. The number of nitro groups is 1. The number of carbonyl (C=O) groups excluding carboxylic acids is 2. The second-order valence-corrected chi connectivity index (χ2v) is 7.27. The van der Waals surface area contributed by atoms with Crippen molar-refractivity contribution in [2.45, 2.75) is 20.4 Å². The third kappa shape index (κ3) is 3.83. The molecule has 2 heterocycles. The molecule has 31 heavy (non-hydrogen) atoms. The quantitative estimate of drug-likeness (QED) is 0.366. The summed E-state index contributed by atoms with van der Waals surface area (Å²) in [7, 11) is 0. The minimum Gasteiger partial charge on any atom is -0.467 e. The first-order valence-corrected chi connectivity index (χ1v) is 9.57. The highest BCUT2D eigenvalue weighted by Crippen LogP contribution is 2.33. The zero-order valence-corrected chi connectivity index (χ0v) is 16.9. The topological polar surface area (TPSA) is 106 Å². The van der Waals surface area contributed by atoms with Crippen molar-refractivity contribution in [1.82, 2.24) is 4.90 Å². The smallest absolute Gasteiger partial charge is 0.278 e. The Morgan fingerprint density at radius 1 is 1.03 bits per heavy atom. The molecule has 2 aromatic carbocycles. The summed E-state index contributed by atoms with van der Waals surface area (Å²) < 4.78 is 5.30. The molecule has 1 aliphatic heterocycles. The fourth-order valence-electron chi connectivity index (χ4n) is 3.42. The number of carbonyl (C=O) groups is 2. The third-order valence-electron chi connectivity index (χ3n) is 5.08. The van der Waals surface area contributed by atoms with Gasteiger partial charge in [0.2, 0.25) is 0 Å². The monoisotopic (exact) mass is 417 g/mol. The van der Waals surface area contributed by atoms with Crippen LogP contribution in [0.3, 0.4) is 0 Å². The van der Waals surface area contributed by atoms with Crippen molar-refractivity contribution >= 4 is 28.8 Å². The van der Waals surface area contributed by atoms with Crippen LogP contribution >= 0.6 is 0 Å². The van der Waals surface area contributed by atoms with Crippen LogP contribution in [0.25, 0.3) is 5.57 Å². The molecule has 0 radical (unpaired) electrons. The highest BCUT2D eigenvalue weighted by Gasteiger charge is 2.39. The van der Waals surface area contributed by atoms with Gasteiger partial charge in [-0.05, 0) is 60.9 Å². The summed E-state index contributed by atoms with van der Waals surface area (Å²) in [5.41, 5.74) is 3.21. The van der Waals surface area contributed by atoms with Crippen LogP contribution in [0.4, 0.5) is 11.4 Å². The Hall–Kier alpha value is -4.20. The summed E-state index contributed by atoms with van der Waals surface area (Å²) in [5, 5.41) is 14.1. The van der Waals surface area contributed by atoms with Gasteiger partial charge in [0.05, 0.1) is 23.3 Å². The van der Waals surface area contributed by atoms with E-state index in [-0.39, 0.29) is 23.5 Å². The zero-order chi connectivity index (χ0) is 22.1. The van der Waals surface area contributed by atoms with Crippen LogP contribution < -0.4 is 5.32 Å². The second kappa shape index (κ2) is 7.91. The molecular weight excluding hydrogens is 398 g/mol. The minimum atomic E-state index is -0.516. The van der Waals surface area contributed by atoms with Gasteiger partial charge in [-0.25, -0.2) is 0 Å². The number of nitrogens with one attached hydrogen (secondary N) is 1. The average Bonchev–Trinajstić information content (AvgIpc) is 3.34. The number of benzene rings is 2. The molecule has 1 N–H and O–H groups in total. The summed E-state index contributed by atoms with van der Waals surface area (Å²) in [6, 6.07) is 14.7. The maximum absolute atomic E-state index is 13.2. The fourth-order valence-corrected chi connectivity index (χ4v) is 3.42. The van der Waals surface area contributed by atoms with Crippen molar-refractivity contribution in [3.63, 3.8) is 0 Å². The molecule has 0 fully saturated rings. The van der Waals surface area contributed by atoms with Crippen molar-refractivity contribution in [2.75, 3.05) is 5.32 Å². The number of anilines is 1. The van der Waals surface area contributed by atoms with E-state index in [0.717, 1.165) is 16.0 Å². The molecule has 0 unspecified atom stereocenters. The number of imide groups is 1. The van der Waals surface area contributed by atoms with Crippen LogP contribution in [0.5, 0.6) is 0 Å². The zero-order valence-electron chi connectivity index (χ0n) is 16.9. The van der Waals surface area contributed by atoms with Gasteiger partial charge in [-0.15, -0.1) is 0 Å². The van der Waals surface area contributed by atoms with E-state index in [2.05, 4.69) is 5.32 Å². The van der Waals surface area contributed by atoms with Gasteiger partial charge in [0.25, 0.3) is 17.5 Å². The summed E-state index contributed by atoms with van der Waals surface area (Å²) in [6.45, 7) is 3.82. The van der Waals surface area contributed by atoms with Crippen LogP contribution in [0.1, 0.15) is 22.5 Å². The van der Waals surface area contributed by atoms with E-state index in [1.54, 1.807) is 12.1 Å². The van der Waals surface area contributed by atoms with E-state index in [9.17, 15) is 19.7 Å². The second-order valence-electron chi connectivity index (χ2n) is 7.27. The number of nitrogens with zero attached hydrogens (tertiary/aromatic N) is 2. The van der Waals surface area contributed by atoms with Crippen LogP contribution in [0, 0.1) is 24.0 Å². The van der Waals surface area contributed by atoms with E-state index in [0.29, 0.717) is 17.0 Å². The highest BCUT2D eigenvalue weighted by molar-refractivity contribution is 6.36. The molecule has 0 bridgehead atoms. The van der Waals surface area contributed by atoms with E-state index in [4.69, 9.17) is 4.42 Å². The van der Waals surface area contributed by atoms with Crippen LogP contribution in [0.2, 0.25) is 0 Å². The van der Waals surface area contributed by atoms with Gasteiger partial charge in [0.15, 0.2) is 0 Å². The third-order valence-corrected chi connectivity index (χ3v) is 5.08. The van der Waals surface area contributed by atoms with Gasteiger partial charge in [0, 0.05) is 17.8 Å². The Morgan fingerprint density at radius 3 is 2.42 bits per heavy atom. The van der Waals surface area contributed by atoms with Gasteiger partial charge < -0.3 is 9.73 Å². The standard InChI is InChI=1S/C23H19N3O5/c1-14-5-6-15(2)19(12-14)24-21-20(16-7-9-17(10-8-16)26(29)30)22(27)25(23(21)28)13-18-4-3-11-31-18/h3-12,24H,13H2,1-2H3. The Bertz CT molecular complexity index is 1210. The first-order chi connectivity index (χ1) is 14.8. The largest absolute Gasteiger partial charge is 0.467 e. The van der Waals surface area contributed by atoms with Crippen molar-refractivity contribution in [1.29, 1.82) is 0 Å². The van der Waals surface area contributed by atoms with E-state index < -0.39 is 16.7 Å². The Balaban J connectivity index is 1.78. The molecular formula is C23H19N3O5. The van der Waals surface area contributed by atoms with Crippen molar-refractivity contribution in [2.24, 2.45) is 0 Å². The summed E-state index contributed by atoms with van der Waals surface area (Å²) >= 11 is 0. The highest BCUT2D eigenvalue weighted by atomic mass is 16.6. The number of aryl methyl sites for hydroxylation is 2. The van der Waals surface area contributed by atoms with Crippen molar-refractivity contribution < 1.29 is 18.9 Å². The lowest BCUT2D eigenvalue weighted by atomic mass is 10.0. The Kier molecular flexibility index (Phi) is 5.12. The average molecular weight is 417 g/mol. The van der Waals surface area contributed by atoms with Gasteiger partial charge in [-0.2, -0.15) is 0 Å². The number of hydrogen-bond donors (Lipinski definition) is 1. The molecule has 0 atom stereocenters. The first-order valence-electron chi connectivity index (χ1n) is 9.57. The number of nitro benzene ring substituents is 1. The lowest BCUT2D eigenvalue weighted by molar-refractivity contribution is -0.384. The number of non-ortho nitro benzene ring substituents is 1. The first kappa shape index (κ1) is 20.1. The molecule has 1 aliphatic rings. The predicted octanol–water partition coefficient (Wildman–Crippen LogP) is 4.20. The molecule has 8 heteroatoms. The normalized spacial score (nSPS) is 13.8. The van der Waals surface area contributed by atoms with E-state index in [1.165, 1.54) is 30.5 Å². The minimum absolute atomic E-state index is 0.0148. The van der Waals surface area contributed by atoms with Crippen LogP contribution in [-0.4, -0.2) is 21.6 Å². The summed E-state index contributed by atoms with van der Waals surface area (Å²) in [5.74, 6) is -0.517. The fraction of sp³-hybridized carbons (Fsp3) is 0.130. The number of rotatable bonds is 6. The van der Waals surface area contributed by atoms with Gasteiger partial charge in [-0.3, -0.25) is 24.6 Å². The van der Waals surface area contributed by atoms with Crippen molar-refractivity contribution in [3.05, 3.63) is 99.1 Å². The lowest BCUT2D eigenvalue weighted by Gasteiger charge is -2.14. The molecule has 0 saturated carbocycles. The van der Waals surface area contributed by atoms with Gasteiger partial charge >= 0.3 is 0 Å². The van der Waals surface area contributed by atoms with Gasteiger partial charge in [0.1, 0.15) is 11.5 Å². The molecule has 0 saturated heterocycles. The summed E-state index contributed by atoms with van der Waals surface area (Å²) in [4.78, 5) is 38.1. The predicted molar refractivity (Wildman–Crippen MR) is 114 cm³/mol. The number of hydrogen-bond acceptors (Lipinski definition) is 6. The van der Waals surface area contributed by atoms with Crippen molar-refractivity contribution in [3.8, 4) is 0 Å². The molecule has 0 aliphatic carbocycles. The maximum Gasteiger partial charge on any atom is 0.278 e. The van der Waals surface area contributed by atoms with E-state index >= 15 is 0 Å².